The Balaban J connectivity index is 2.02. The highest BCUT2D eigenvalue weighted by Gasteiger charge is 2.06. The Morgan fingerprint density at radius 2 is 1.48 bits per heavy atom. The lowest BCUT2D eigenvalue weighted by Gasteiger charge is -2.14. The smallest absolute Gasteiger partial charge is 0.127 e. The highest BCUT2D eigenvalue weighted by molar-refractivity contribution is 5.35. The zero-order chi connectivity index (χ0) is 15.1. The topological polar surface area (TPSA) is 21.3 Å². The Labute approximate surface area is 128 Å². The molecule has 2 aromatic rings. The number of ether oxygens (including phenoxy) is 1. The summed E-state index contributed by atoms with van der Waals surface area (Å²) in [5, 5.41) is 3.31. The SMILES string of the molecule is CCCc1ccc(Oc2ccc(C(CC)NC)cc2)cc1. The van der Waals surface area contributed by atoms with Crippen molar-refractivity contribution < 1.29 is 4.74 Å². The van der Waals surface area contributed by atoms with Gasteiger partial charge >= 0.3 is 0 Å². The van der Waals surface area contributed by atoms with Gasteiger partial charge in [0.1, 0.15) is 11.5 Å². The van der Waals surface area contributed by atoms with Crippen LogP contribution in [-0.2, 0) is 6.42 Å². The molecule has 0 spiro atoms. The van der Waals surface area contributed by atoms with Crippen LogP contribution in [0.15, 0.2) is 48.5 Å². The van der Waals surface area contributed by atoms with Crippen molar-refractivity contribution in [1.82, 2.24) is 5.32 Å². The minimum Gasteiger partial charge on any atom is -0.457 e. The average molecular weight is 283 g/mol. The molecule has 2 nitrogen and oxygen atoms in total. The van der Waals surface area contributed by atoms with Gasteiger partial charge in [-0.3, -0.25) is 0 Å². The Bertz CT molecular complexity index is 526. The van der Waals surface area contributed by atoms with Gasteiger partial charge in [0, 0.05) is 6.04 Å². The van der Waals surface area contributed by atoms with Gasteiger partial charge < -0.3 is 10.1 Å². The number of hydrogen-bond acceptors (Lipinski definition) is 2. The second-order valence-corrected chi connectivity index (χ2v) is 5.31. The van der Waals surface area contributed by atoms with E-state index < -0.39 is 0 Å². The molecule has 1 atom stereocenters. The molecule has 1 unspecified atom stereocenters. The van der Waals surface area contributed by atoms with Crippen LogP contribution in [0.3, 0.4) is 0 Å². The van der Waals surface area contributed by atoms with Gasteiger partial charge in [0.15, 0.2) is 0 Å². The fourth-order valence-electron chi connectivity index (χ4n) is 2.52. The maximum absolute atomic E-state index is 5.89. The van der Waals surface area contributed by atoms with E-state index in [-0.39, 0.29) is 0 Å². The minimum atomic E-state index is 0.410. The van der Waals surface area contributed by atoms with E-state index in [1.54, 1.807) is 0 Å². The van der Waals surface area contributed by atoms with Crippen molar-refractivity contribution in [1.29, 1.82) is 0 Å². The van der Waals surface area contributed by atoms with Crippen LogP contribution >= 0.6 is 0 Å². The van der Waals surface area contributed by atoms with Crippen molar-refractivity contribution in [3.8, 4) is 11.5 Å². The first-order valence-electron chi connectivity index (χ1n) is 7.80. The third-order valence-electron chi connectivity index (χ3n) is 3.74. The average Bonchev–Trinajstić information content (AvgIpc) is 2.52. The summed E-state index contributed by atoms with van der Waals surface area (Å²) in [6, 6.07) is 17.1. The summed E-state index contributed by atoms with van der Waals surface area (Å²) in [5.74, 6) is 1.77. The predicted octanol–water partition coefficient (Wildman–Crippen LogP) is 5.10. The first kappa shape index (κ1) is 15.6. The van der Waals surface area contributed by atoms with Crippen molar-refractivity contribution in [2.45, 2.75) is 39.2 Å². The number of benzene rings is 2. The normalized spacial score (nSPS) is 12.1. The highest BCUT2D eigenvalue weighted by atomic mass is 16.5. The lowest BCUT2D eigenvalue weighted by Crippen LogP contribution is -2.14. The summed E-state index contributed by atoms with van der Waals surface area (Å²) in [6.07, 6.45) is 3.37. The summed E-state index contributed by atoms with van der Waals surface area (Å²) in [7, 11) is 2.00. The molecular formula is C19H25NO. The Hall–Kier alpha value is -1.80. The maximum atomic E-state index is 5.89. The summed E-state index contributed by atoms with van der Waals surface area (Å²) in [6.45, 7) is 4.38. The second kappa shape index (κ2) is 7.84. The molecule has 0 radical (unpaired) electrons. The quantitative estimate of drug-likeness (QED) is 0.763. The van der Waals surface area contributed by atoms with Gasteiger partial charge in [0.25, 0.3) is 0 Å². The van der Waals surface area contributed by atoms with E-state index in [0.29, 0.717) is 6.04 Å². The van der Waals surface area contributed by atoms with Gasteiger partial charge in [-0.2, -0.15) is 0 Å². The molecule has 0 heterocycles. The largest absolute Gasteiger partial charge is 0.457 e. The van der Waals surface area contributed by atoms with Gasteiger partial charge in [-0.25, -0.2) is 0 Å². The fourth-order valence-corrected chi connectivity index (χ4v) is 2.52. The molecule has 112 valence electrons. The van der Waals surface area contributed by atoms with Crippen LogP contribution in [0.4, 0.5) is 0 Å². The number of aryl methyl sites for hydroxylation is 1. The number of hydrogen-bond donors (Lipinski definition) is 1. The molecular weight excluding hydrogens is 258 g/mol. The van der Waals surface area contributed by atoms with Crippen LogP contribution < -0.4 is 10.1 Å². The maximum Gasteiger partial charge on any atom is 0.127 e. The highest BCUT2D eigenvalue weighted by Crippen LogP contribution is 2.24. The molecule has 1 N–H and O–H groups in total. The molecule has 0 bridgehead atoms. The fraction of sp³-hybridized carbons (Fsp3) is 0.368. The van der Waals surface area contributed by atoms with E-state index in [1.807, 2.05) is 31.3 Å². The van der Waals surface area contributed by atoms with Crippen molar-refractivity contribution in [2.75, 3.05) is 7.05 Å². The molecule has 2 heteroatoms. The third kappa shape index (κ3) is 4.33. The lowest BCUT2D eigenvalue weighted by atomic mass is 10.0. The van der Waals surface area contributed by atoms with Gasteiger partial charge in [-0.05, 0) is 55.3 Å². The van der Waals surface area contributed by atoms with Crippen LogP contribution in [0, 0.1) is 0 Å². The first-order chi connectivity index (χ1) is 10.3. The molecule has 0 aliphatic carbocycles. The van der Waals surface area contributed by atoms with E-state index in [1.165, 1.54) is 17.5 Å². The van der Waals surface area contributed by atoms with Crippen molar-refractivity contribution in [3.05, 3.63) is 59.7 Å². The number of nitrogens with one attached hydrogen (secondary N) is 1. The second-order valence-electron chi connectivity index (χ2n) is 5.31. The molecule has 0 aliphatic heterocycles. The summed E-state index contributed by atoms with van der Waals surface area (Å²) >= 11 is 0. The van der Waals surface area contributed by atoms with E-state index in [0.717, 1.165) is 24.3 Å². The molecule has 0 aliphatic rings. The van der Waals surface area contributed by atoms with Crippen molar-refractivity contribution in [3.63, 3.8) is 0 Å². The zero-order valence-corrected chi connectivity index (χ0v) is 13.2. The standard InChI is InChI=1S/C19H25NO/c1-4-6-15-7-11-17(12-8-15)21-18-13-9-16(10-14-18)19(5-2)20-3/h7-14,19-20H,4-6H2,1-3H3. The molecule has 21 heavy (non-hydrogen) atoms. The van der Waals surface area contributed by atoms with Gasteiger partial charge in [0.05, 0.1) is 0 Å². The summed E-state index contributed by atoms with van der Waals surface area (Å²) in [5.41, 5.74) is 2.66. The van der Waals surface area contributed by atoms with Crippen LogP contribution in [0.2, 0.25) is 0 Å². The van der Waals surface area contributed by atoms with Crippen LogP contribution in [0.5, 0.6) is 11.5 Å². The monoisotopic (exact) mass is 283 g/mol. The van der Waals surface area contributed by atoms with Gasteiger partial charge in [-0.15, -0.1) is 0 Å². The summed E-state index contributed by atoms with van der Waals surface area (Å²) in [4.78, 5) is 0. The minimum absolute atomic E-state index is 0.410. The lowest BCUT2D eigenvalue weighted by molar-refractivity contribution is 0.481. The number of rotatable bonds is 7. The summed E-state index contributed by atoms with van der Waals surface area (Å²) < 4.78 is 5.89. The van der Waals surface area contributed by atoms with E-state index in [9.17, 15) is 0 Å². The zero-order valence-electron chi connectivity index (χ0n) is 13.2. The first-order valence-corrected chi connectivity index (χ1v) is 7.80. The predicted molar refractivity (Wildman–Crippen MR) is 89.0 cm³/mol. The Kier molecular flexibility index (Phi) is 5.82. The Morgan fingerprint density at radius 1 is 0.905 bits per heavy atom. The molecule has 0 saturated heterocycles. The third-order valence-corrected chi connectivity index (χ3v) is 3.74. The van der Waals surface area contributed by atoms with Crippen LogP contribution in [0.25, 0.3) is 0 Å². The molecule has 2 rings (SSSR count). The van der Waals surface area contributed by atoms with E-state index in [2.05, 4.69) is 43.4 Å². The molecule has 0 aromatic heterocycles. The van der Waals surface area contributed by atoms with Gasteiger partial charge in [0.2, 0.25) is 0 Å². The molecule has 0 amide bonds. The van der Waals surface area contributed by atoms with Gasteiger partial charge in [-0.1, -0.05) is 44.5 Å². The van der Waals surface area contributed by atoms with E-state index >= 15 is 0 Å². The molecule has 2 aromatic carbocycles. The van der Waals surface area contributed by atoms with E-state index in [4.69, 9.17) is 4.74 Å². The van der Waals surface area contributed by atoms with Crippen molar-refractivity contribution >= 4 is 0 Å². The molecule has 0 saturated carbocycles. The van der Waals surface area contributed by atoms with Crippen molar-refractivity contribution in [2.24, 2.45) is 0 Å². The van der Waals surface area contributed by atoms with Crippen LogP contribution in [-0.4, -0.2) is 7.05 Å². The Morgan fingerprint density at radius 3 is 1.95 bits per heavy atom. The molecule has 0 fully saturated rings. The van der Waals surface area contributed by atoms with Crippen LogP contribution in [0.1, 0.15) is 43.9 Å².